The first-order valence-corrected chi connectivity index (χ1v) is 23.7. The smallest absolute Gasteiger partial charge is 0.317 e. The number of ether oxygens (including phenoxy) is 5. The van der Waals surface area contributed by atoms with Gasteiger partial charge in [0.2, 0.25) is 5.91 Å². The quantitative estimate of drug-likeness (QED) is 0.0605. The van der Waals surface area contributed by atoms with Gasteiger partial charge in [-0.1, -0.05) is 0 Å². The molecule has 1 aromatic heterocycles. The van der Waals surface area contributed by atoms with Crippen molar-refractivity contribution in [3.05, 3.63) is 72.7 Å². The maximum absolute atomic E-state index is 13.2. The highest BCUT2D eigenvalue weighted by Gasteiger charge is 2.53. The van der Waals surface area contributed by atoms with Crippen LogP contribution in [0.15, 0.2) is 81.1 Å². The number of nitrogens with zero attached hydrogens (tertiary/aromatic N) is 1. The number of amides is 5. The zero-order valence-electron chi connectivity index (χ0n) is 35.2. The third kappa shape index (κ3) is 12.3. The first-order chi connectivity index (χ1) is 30.8. The number of carbonyl (C=O) groups excluding carboxylic acids is 4. The molecule has 0 atom stereocenters. The van der Waals surface area contributed by atoms with Gasteiger partial charge in [0, 0.05) is 55.5 Å². The van der Waals surface area contributed by atoms with Gasteiger partial charge in [-0.2, -0.15) is 0 Å². The van der Waals surface area contributed by atoms with Crippen LogP contribution in [0.3, 0.4) is 0 Å². The van der Waals surface area contributed by atoms with E-state index in [1.807, 2.05) is 0 Å². The second-order valence-corrected chi connectivity index (χ2v) is 19.4. The maximum Gasteiger partial charge on any atom is 0.317 e. The van der Waals surface area contributed by atoms with Gasteiger partial charge in [-0.05, 0) is 99.2 Å². The number of sulfone groups is 2. The van der Waals surface area contributed by atoms with E-state index in [0.717, 1.165) is 0 Å². The van der Waals surface area contributed by atoms with Crippen LogP contribution in [0, 0.1) is 0 Å². The number of rotatable bonds is 18. The number of morpholine rings is 1. The Kier molecular flexibility index (Phi) is 18.3. The number of furan rings is 1. The van der Waals surface area contributed by atoms with Crippen molar-refractivity contribution in [3.8, 4) is 11.5 Å². The maximum atomic E-state index is 13.2. The van der Waals surface area contributed by atoms with Crippen LogP contribution < -0.4 is 31.1 Å². The number of urea groups is 1. The fourth-order valence-corrected chi connectivity index (χ4v) is 11.1. The number of hydrogen-bond acceptors (Lipinski definition) is 16. The lowest BCUT2D eigenvalue weighted by Crippen LogP contribution is -2.54. The summed E-state index contributed by atoms with van der Waals surface area (Å²) < 4.78 is 81.1. The number of benzene rings is 2. The van der Waals surface area contributed by atoms with Gasteiger partial charge in [-0.15, -0.1) is 0 Å². The van der Waals surface area contributed by atoms with E-state index in [1.54, 1.807) is 17.0 Å². The molecule has 0 saturated carbocycles. The van der Waals surface area contributed by atoms with Gasteiger partial charge in [0.15, 0.2) is 29.2 Å². The van der Waals surface area contributed by atoms with Gasteiger partial charge in [0.05, 0.1) is 48.9 Å². The van der Waals surface area contributed by atoms with Crippen LogP contribution in [-0.4, -0.2) is 144 Å². The molecule has 3 aliphatic rings. The summed E-state index contributed by atoms with van der Waals surface area (Å²) in [7, 11) is -8.14. The molecule has 21 nitrogen and oxygen atoms in total. The van der Waals surface area contributed by atoms with Crippen molar-refractivity contribution >= 4 is 43.4 Å². The van der Waals surface area contributed by atoms with Crippen molar-refractivity contribution in [1.29, 1.82) is 0 Å². The fraction of sp³-hybridized carbons (Fsp3) is 0.512. The minimum Gasteiger partial charge on any atom is -0.494 e. The Hall–Kier alpha value is -5.30. The second-order valence-electron chi connectivity index (χ2n) is 14.9. The van der Waals surface area contributed by atoms with Crippen LogP contribution in [0.2, 0.25) is 0 Å². The summed E-state index contributed by atoms with van der Waals surface area (Å²) >= 11 is 0. The Labute approximate surface area is 373 Å². The minimum atomic E-state index is -4.07. The van der Waals surface area contributed by atoms with Crippen LogP contribution in [0.4, 0.5) is 4.79 Å². The number of hydrogen-bond donors (Lipinski definition) is 6. The van der Waals surface area contributed by atoms with Crippen molar-refractivity contribution in [2.24, 2.45) is 0 Å². The number of nitrogens with one attached hydrogen (secondary N) is 4. The molecule has 2 aromatic carbocycles. The summed E-state index contributed by atoms with van der Waals surface area (Å²) in [5.41, 5.74) is 2.98. The summed E-state index contributed by atoms with van der Waals surface area (Å²) in [5.74, 6) is -0.554. The molecule has 3 aromatic rings. The van der Waals surface area contributed by atoms with Crippen LogP contribution in [-0.2, 0) is 54.7 Å². The largest absolute Gasteiger partial charge is 0.494 e. The average Bonchev–Trinajstić information content (AvgIpc) is 3.84. The minimum absolute atomic E-state index is 0. The molecule has 3 aliphatic heterocycles. The number of hydroxylamine groups is 2. The lowest BCUT2D eigenvalue weighted by atomic mass is 9.98. The average molecular weight is 942 g/mol. The van der Waals surface area contributed by atoms with E-state index in [4.69, 9.17) is 38.5 Å². The Morgan fingerprint density at radius 3 is 1.50 bits per heavy atom. The number of carbonyl (C=O) groups is 4. The van der Waals surface area contributed by atoms with Gasteiger partial charge >= 0.3 is 6.03 Å². The molecule has 0 bridgehead atoms. The van der Waals surface area contributed by atoms with Crippen LogP contribution in [0.25, 0.3) is 0 Å². The molecule has 0 unspecified atom stereocenters. The molecular weight excluding hydrogens is 883 g/mol. The Morgan fingerprint density at radius 2 is 1.08 bits per heavy atom. The molecule has 4 heterocycles. The molecule has 3 saturated heterocycles. The second kappa shape index (κ2) is 23.6. The van der Waals surface area contributed by atoms with E-state index in [1.165, 1.54) is 65.8 Å². The van der Waals surface area contributed by atoms with E-state index in [0.29, 0.717) is 82.7 Å². The predicted molar refractivity (Wildman–Crippen MR) is 228 cm³/mol. The van der Waals surface area contributed by atoms with E-state index >= 15 is 0 Å². The van der Waals surface area contributed by atoms with Crippen LogP contribution in [0.1, 0.15) is 47.1 Å². The van der Waals surface area contributed by atoms with Gasteiger partial charge in [0.25, 0.3) is 11.8 Å². The summed E-state index contributed by atoms with van der Waals surface area (Å²) in [6, 6.07) is 14.9. The van der Waals surface area contributed by atoms with Gasteiger partial charge < -0.3 is 43.6 Å². The highest BCUT2D eigenvalue weighted by atomic mass is 32.2. The molecule has 3 fully saturated rings. The highest BCUT2D eigenvalue weighted by molar-refractivity contribution is 7.94. The Bertz CT molecular complexity index is 2200. The summed E-state index contributed by atoms with van der Waals surface area (Å²) in [6.07, 6.45) is 2.63. The highest BCUT2D eigenvalue weighted by Crippen LogP contribution is 2.37. The van der Waals surface area contributed by atoms with E-state index < -0.39 is 41.0 Å². The standard InChI is InChI=1S/C21H26N2O8S.C20H29N3O8S.2H2/c24-19(15-17-3-1-11-31-17)22-10-2-12-30-16-4-6-18(7-5-16)32(27,28)21(20(25)23-26)8-13-29-14-9-21;24-18(22-26)20(6-12-29-13-7-20)32(27,28)17-4-2-16(3-5-17)31-11-1-8-21-19(25)23-9-14-30-15-10-23;;/h1,3-7,11,26H,2,8-10,12-15H2,(H,22,24)(H,23,25);2-5,26H,1,6-15H2,(H,21,25)(H,22,24);2*1H. The van der Waals surface area contributed by atoms with E-state index in [2.05, 4.69) is 10.6 Å². The monoisotopic (exact) mass is 941 g/mol. The molecule has 5 amide bonds. The SMILES string of the molecule is O=C(Cc1ccco1)NCCCOc1ccc(S(=O)(=O)C2(C(=O)NO)CCOCC2)cc1.O=C(NCCCOc1ccc(S(=O)(=O)C2(C(=O)NO)CCOCC2)cc1)N1CCOCC1.[HH].[HH]. The van der Waals surface area contributed by atoms with Gasteiger partial charge in [-0.25, -0.2) is 32.6 Å². The third-order valence-corrected chi connectivity index (χ3v) is 16.0. The van der Waals surface area contributed by atoms with Crippen molar-refractivity contribution < 1.29 is 77.4 Å². The van der Waals surface area contributed by atoms with Crippen molar-refractivity contribution in [1.82, 2.24) is 26.5 Å². The van der Waals surface area contributed by atoms with Crippen molar-refractivity contribution in [2.75, 3.05) is 79.0 Å². The molecular formula is C41H59N5O16S2. The van der Waals surface area contributed by atoms with Crippen LogP contribution in [0.5, 0.6) is 11.5 Å². The first-order valence-electron chi connectivity index (χ1n) is 20.7. The molecule has 0 aliphatic carbocycles. The third-order valence-electron chi connectivity index (χ3n) is 10.9. The molecule has 6 N–H and O–H groups in total. The van der Waals surface area contributed by atoms with Crippen molar-refractivity contribution in [3.63, 3.8) is 0 Å². The topological polar surface area (TPSA) is 288 Å². The summed E-state index contributed by atoms with van der Waals surface area (Å²) in [5, 5.41) is 23.8. The molecule has 6 rings (SSSR count). The molecule has 0 radical (unpaired) electrons. The molecule has 64 heavy (non-hydrogen) atoms. The fourth-order valence-electron chi connectivity index (χ4n) is 7.18. The summed E-state index contributed by atoms with van der Waals surface area (Å²) in [4.78, 5) is 49.9. The zero-order chi connectivity index (χ0) is 46.1. The lowest BCUT2D eigenvalue weighted by molar-refractivity contribution is -0.135. The first kappa shape index (κ1) is 49.7. The molecule has 23 heteroatoms. The molecule has 0 spiro atoms. The summed E-state index contributed by atoms with van der Waals surface area (Å²) in [6.45, 7) is 4.19. The Balaban J connectivity index is 0.000000340. The van der Waals surface area contributed by atoms with Gasteiger partial charge in [0.1, 0.15) is 17.3 Å². The van der Waals surface area contributed by atoms with Crippen molar-refractivity contribution in [2.45, 2.75) is 64.2 Å². The zero-order valence-corrected chi connectivity index (χ0v) is 36.8. The Morgan fingerprint density at radius 1 is 0.641 bits per heavy atom. The predicted octanol–water partition coefficient (Wildman–Crippen LogP) is 2.05. The van der Waals surface area contributed by atoms with Crippen LogP contribution >= 0.6 is 0 Å². The van der Waals surface area contributed by atoms with Gasteiger partial charge in [-0.3, -0.25) is 24.8 Å². The normalized spacial score (nSPS) is 17.1. The lowest BCUT2D eigenvalue weighted by Gasteiger charge is -2.34. The van der Waals surface area contributed by atoms with E-state index in [-0.39, 0.29) is 83.1 Å². The van der Waals surface area contributed by atoms with E-state index in [9.17, 15) is 36.0 Å². The molecule has 356 valence electrons.